The minimum Gasteiger partial charge on any atom is -0.593 e. The Bertz CT molecular complexity index is 1920. The summed E-state index contributed by atoms with van der Waals surface area (Å²) in [6.07, 6.45) is 4.32. The second kappa shape index (κ2) is 11.2. The van der Waals surface area contributed by atoms with Gasteiger partial charge in [0.05, 0.1) is 22.6 Å². The molecular formula is C27H25ClFN5O5S3. The molecule has 3 aromatic heterocycles. The number of nitrogens with one attached hydrogen (secondary N) is 2. The van der Waals surface area contributed by atoms with E-state index in [9.17, 15) is 22.2 Å². The fraction of sp³-hybridized carbons (Fsp3) is 0.259. The number of carbonyl (C=O) groups is 1. The standard InChI is InChI=1S/C27H25ClFN5O5S3/c1-30-25(35)22-19-12-18(20(32-41(2)36)13-21(19)39-23(22)15-5-7-17(29)8-6-15)16-4-3-9-33(14-16)42(37,38)26-24(28)31-27-34(26)10-11-40-27/h5-8,10-13,16,32H,3-4,9,14H2,1-2H3,(H,30,35)/t16-,41?/m1/s1. The summed E-state index contributed by atoms with van der Waals surface area (Å²) in [5.41, 5.74) is 2.31. The van der Waals surface area contributed by atoms with Crippen molar-refractivity contribution in [3.05, 3.63) is 70.1 Å². The lowest BCUT2D eigenvalue weighted by molar-refractivity contribution is 0.0964. The van der Waals surface area contributed by atoms with Crippen molar-refractivity contribution in [1.82, 2.24) is 19.0 Å². The molecule has 1 aliphatic heterocycles. The van der Waals surface area contributed by atoms with Gasteiger partial charge in [0, 0.05) is 48.7 Å². The van der Waals surface area contributed by atoms with Crippen LogP contribution in [-0.4, -0.2) is 59.0 Å². The zero-order valence-corrected chi connectivity index (χ0v) is 25.6. The van der Waals surface area contributed by atoms with E-state index in [4.69, 9.17) is 16.0 Å². The van der Waals surface area contributed by atoms with Crippen molar-refractivity contribution in [3.63, 3.8) is 0 Å². The topological polar surface area (TPSA) is 132 Å². The number of sulfonamides is 1. The van der Waals surface area contributed by atoms with Crippen molar-refractivity contribution < 1.29 is 26.6 Å². The Morgan fingerprint density at radius 3 is 2.76 bits per heavy atom. The summed E-state index contributed by atoms with van der Waals surface area (Å²) in [5, 5.41) is 4.71. The van der Waals surface area contributed by atoms with Crippen LogP contribution in [0.3, 0.4) is 0 Å². The largest absolute Gasteiger partial charge is 0.593 e. The number of imidazole rings is 1. The van der Waals surface area contributed by atoms with Crippen molar-refractivity contribution in [2.75, 3.05) is 31.1 Å². The highest BCUT2D eigenvalue weighted by Crippen LogP contribution is 2.41. The quantitative estimate of drug-likeness (QED) is 0.231. The second-order valence-corrected chi connectivity index (χ2v) is 14.0. The van der Waals surface area contributed by atoms with Crippen LogP contribution in [0.5, 0.6) is 0 Å². The van der Waals surface area contributed by atoms with Gasteiger partial charge in [-0.05, 0) is 54.7 Å². The highest BCUT2D eigenvalue weighted by molar-refractivity contribution is 7.92. The number of nitrogens with zero attached hydrogens (tertiary/aromatic N) is 3. The first-order chi connectivity index (χ1) is 20.1. The third kappa shape index (κ3) is 5.05. The Morgan fingerprint density at radius 2 is 2.05 bits per heavy atom. The molecule has 1 saturated heterocycles. The molecule has 10 nitrogen and oxygen atoms in total. The third-order valence-corrected chi connectivity index (χ3v) is 10.8. The van der Waals surface area contributed by atoms with Gasteiger partial charge in [0.1, 0.15) is 23.4 Å². The Hall–Kier alpha value is -3.14. The number of thiazole rings is 1. The number of hydrogen-bond acceptors (Lipinski definition) is 8. The van der Waals surface area contributed by atoms with Crippen LogP contribution in [0.15, 0.2) is 57.4 Å². The van der Waals surface area contributed by atoms with Crippen LogP contribution in [0.4, 0.5) is 10.1 Å². The predicted octanol–water partition coefficient (Wildman–Crippen LogP) is 5.23. The minimum absolute atomic E-state index is 0.0785. The summed E-state index contributed by atoms with van der Waals surface area (Å²) in [5.74, 6) is -0.880. The van der Waals surface area contributed by atoms with E-state index in [-0.39, 0.29) is 34.0 Å². The average molecular weight is 650 g/mol. The van der Waals surface area contributed by atoms with E-state index in [0.29, 0.717) is 52.1 Å². The molecule has 1 unspecified atom stereocenters. The van der Waals surface area contributed by atoms with E-state index in [1.807, 2.05) is 0 Å². The van der Waals surface area contributed by atoms with Crippen LogP contribution < -0.4 is 10.0 Å². The van der Waals surface area contributed by atoms with Gasteiger partial charge in [-0.3, -0.25) is 9.20 Å². The molecule has 2 N–H and O–H groups in total. The van der Waals surface area contributed by atoms with Crippen LogP contribution in [0.25, 0.3) is 27.3 Å². The van der Waals surface area contributed by atoms with Gasteiger partial charge >= 0.3 is 0 Å². The van der Waals surface area contributed by atoms with E-state index < -0.39 is 33.1 Å². The van der Waals surface area contributed by atoms with Gasteiger partial charge in [0.15, 0.2) is 15.1 Å². The lowest BCUT2D eigenvalue weighted by Gasteiger charge is -2.32. The molecule has 0 aliphatic carbocycles. The van der Waals surface area contributed by atoms with Crippen LogP contribution in [0.1, 0.15) is 34.7 Å². The van der Waals surface area contributed by atoms with Gasteiger partial charge in [-0.1, -0.05) is 11.6 Å². The molecule has 6 rings (SSSR count). The van der Waals surface area contributed by atoms with Crippen molar-refractivity contribution in [2.24, 2.45) is 0 Å². The summed E-state index contributed by atoms with van der Waals surface area (Å²) in [6, 6.07) is 9.06. The van der Waals surface area contributed by atoms with Crippen LogP contribution in [-0.2, 0) is 21.4 Å². The molecule has 0 saturated carbocycles. The summed E-state index contributed by atoms with van der Waals surface area (Å²) in [7, 11) is -2.51. The van der Waals surface area contributed by atoms with E-state index in [2.05, 4.69) is 15.0 Å². The first kappa shape index (κ1) is 29.0. The maximum Gasteiger partial charge on any atom is 0.262 e. The third-order valence-electron chi connectivity index (χ3n) is 7.26. The molecule has 0 spiro atoms. The molecule has 1 fully saturated rings. The molecular weight excluding hydrogens is 625 g/mol. The number of benzene rings is 2. The fourth-order valence-electron chi connectivity index (χ4n) is 5.40. The van der Waals surface area contributed by atoms with Gasteiger partial charge in [0.2, 0.25) is 0 Å². The molecule has 5 aromatic rings. The Labute approximate surface area is 252 Å². The number of fused-ring (bicyclic) bond motifs is 2. The molecule has 1 amide bonds. The minimum atomic E-state index is -4.01. The van der Waals surface area contributed by atoms with E-state index in [0.717, 1.165) is 0 Å². The maximum atomic E-state index is 13.8. The monoisotopic (exact) mass is 649 g/mol. The number of amides is 1. The van der Waals surface area contributed by atoms with E-state index >= 15 is 0 Å². The Balaban J connectivity index is 1.46. The second-order valence-electron chi connectivity index (χ2n) is 9.85. The van der Waals surface area contributed by atoms with Crippen LogP contribution in [0, 0.1) is 5.82 Å². The lowest BCUT2D eigenvalue weighted by Crippen LogP contribution is -2.39. The first-order valence-electron chi connectivity index (χ1n) is 12.9. The van der Waals surface area contributed by atoms with Crippen LogP contribution >= 0.6 is 22.9 Å². The van der Waals surface area contributed by atoms with Gasteiger partial charge in [0.25, 0.3) is 15.9 Å². The Kier molecular flexibility index (Phi) is 7.70. The van der Waals surface area contributed by atoms with Gasteiger partial charge in [-0.15, -0.1) is 11.3 Å². The number of furan rings is 1. The average Bonchev–Trinajstić information content (AvgIpc) is 3.64. The predicted molar refractivity (Wildman–Crippen MR) is 162 cm³/mol. The van der Waals surface area contributed by atoms with E-state index in [1.165, 1.54) is 57.6 Å². The molecule has 4 heterocycles. The lowest BCUT2D eigenvalue weighted by atomic mass is 9.89. The van der Waals surface area contributed by atoms with Crippen molar-refractivity contribution in [3.8, 4) is 11.3 Å². The summed E-state index contributed by atoms with van der Waals surface area (Å²) in [4.78, 5) is 17.8. The molecule has 1 aliphatic rings. The summed E-state index contributed by atoms with van der Waals surface area (Å²) in [6.45, 7) is 0.422. The normalized spacial score (nSPS) is 17.1. The highest BCUT2D eigenvalue weighted by Gasteiger charge is 2.36. The number of piperidine rings is 1. The number of rotatable bonds is 7. The molecule has 0 radical (unpaired) electrons. The molecule has 2 aromatic carbocycles. The van der Waals surface area contributed by atoms with E-state index in [1.54, 1.807) is 23.7 Å². The number of halogens is 2. The van der Waals surface area contributed by atoms with Crippen molar-refractivity contribution in [1.29, 1.82) is 0 Å². The first-order valence-corrected chi connectivity index (χ1v) is 17.1. The molecule has 15 heteroatoms. The van der Waals surface area contributed by atoms with Crippen molar-refractivity contribution in [2.45, 2.75) is 23.8 Å². The fourth-order valence-corrected chi connectivity index (χ4v) is 8.82. The van der Waals surface area contributed by atoms with Gasteiger partial charge in [-0.2, -0.15) is 4.31 Å². The smallest absolute Gasteiger partial charge is 0.262 e. The number of hydrogen-bond donors (Lipinski definition) is 2. The number of aromatic nitrogens is 2. The summed E-state index contributed by atoms with van der Waals surface area (Å²) >= 11 is 6.12. The van der Waals surface area contributed by atoms with Crippen molar-refractivity contribution >= 4 is 71.8 Å². The zero-order valence-electron chi connectivity index (χ0n) is 22.4. The molecule has 220 valence electrons. The highest BCUT2D eigenvalue weighted by atomic mass is 35.5. The van der Waals surface area contributed by atoms with Crippen LogP contribution in [0.2, 0.25) is 5.15 Å². The molecule has 42 heavy (non-hydrogen) atoms. The van der Waals surface area contributed by atoms with Gasteiger partial charge in [-0.25, -0.2) is 22.5 Å². The number of carbonyl (C=O) groups excluding carboxylic acids is 1. The zero-order chi connectivity index (χ0) is 29.8. The maximum absolute atomic E-state index is 13.8. The van der Waals surface area contributed by atoms with Gasteiger partial charge < -0.3 is 14.3 Å². The summed E-state index contributed by atoms with van der Waals surface area (Å²) < 4.78 is 65.6. The SMILES string of the molecule is CNC(=O)c1c(-c2ccc(F)cc2)oc2cc(N[S+](C)[O-])c([C@@H]3CCCN(S(=O)(=O)c4c(Cl)nc5sccn45)C3)cc12. The molecule has 2 atom stereocenters. The molecule has 0 bridgehead atoms. The Morgan fingerprint density at radius 1 is 1.29 bits per heavy atom. The number of anilines is 1.